The van der Waals surface area contributed by atoms with Crippen molar-refractivity contribution in [2.75, 3.05) is 43.0 Å². The number of amides is 1. The lowest BCUT2D eigenvalue weighted by Gasteiger charge is -2.34. The first-order valence-corrected chi connectivity index (χ1v) is 10.3. The number of alkyl halides is 6. The molecule has 0 unspecified atom stereocenters. The molecule has 2 aromatic rings. The summed E-state index contributed by atoms with van der Waals surface area (Å²) in [5.74, 6) is -0.305. The van der Waals surface area contributed by atoms with Crippen molar-refractivity contribution in [1.82, 2.24) is 25.1 Å². The van der Waals surface area contributed by atoms with E-state index >= 15 is 0 Å². The third-order valence-corrected chi connectivity index (χ3v) is 4.95. The number of halogens is 6. The van der Waals surface area contributed by atoms with Gasteiger partial charge in [-0.1, -0.05) is 5.16 Å². The third-order valence-electron chi connectivity index (χ3n) is 4.95. The molecule has 1 fully saturated rings. The first-order chi connectivity index (χ1) is 16.9. The van der Waals surface area contributed by atoms with E-state index in [0.29, 0.717) is 12.4 Å². The number of hydrogen-bond acceptors (Lipinski definition) is 9. The molecule has 0 spiro atoms. The summed E-state index contributed by atoms with van der Waals surface area (Å²) in [6.45, 7) is 2.05. The van der Waals surface area contributed by atoms with E-state index in [2.05, 4.69) is 25.5 Å². The smallest absolute Gasteiger partial charge is 0.386 e. The van der Waals surface area contributed by atoms with Crippen LogP contribution < -0.4 is 15.8 Å². The zero-order chi connectivity index (χ0) is 26.5. The molecule has 0 bridgehead atoms. The minimum atomic E-state index is -4.90. The maximum Gasteiger partial charge on any atom is 0.423 e. The summed E-state index contributed by atoms with van der Waals surface area (Å²) in [6, 6.07) is -0.808. The fourth-order valence-electron chi connectivity index (χ4n) is 3.18. The minimum Gasteiger partial charge on any atom is -0.386 e. The van der Waals surface area contributed by atoms with Gasteiger partial charge in [0.2, 0.25) is 5.95 Å². The van der Waals surface area contributed by atoms with Gasteiger partial charge in [0, 0.05) is 38.6 Å². The summed E-state index contributed by atoms with van der Waals surface area (Å²) in [5.41, 5.74) is -4.34. The molecule has 2 aromatic heterocycles. The van der Waals surface area contributed by atoms with Crippen molar-refractivity contribution in [3.05, 3.63) is 40.1 Å². The Morgan fingerprint density at radius 2 is 1.78 bits per heavy atom. The molecule has 1 atom stereocenters. The van der Waals surface area contributed by atoms with E-state index in [4.69, 9.17) is 4.84 Å². The number of H-pyrrole nitrogens is 1. The molecule has 11 nitrogen and oxygen atoms in total. The predicted molar refractivity (Wildman–Crippen MR) is 113 cm³/mol. The van der Waals surface area contributed by atoms with E-state index in [1.807, 2.05) is 0 Å². The van der Waals surface area contributed by atoms with Crippen LogP contribution in [0.2, 0.25) is 0 Å². The molecule has 0 aliphatic carbocycles. The molecular formula is C19H20F6N8O3. The number of rotatable bonds is 7. The summed E-state index contributed by atoms with van der Waals surface area (Å²) in [7, 11) is 0. The monoisotopic (exact) mass is 522 g/mol. The van der Waals surface area contributed by atoms with Crippen LogP contribution in [0.4, 0.5) is 38.0 Å². The summed E-state index contributed by atoms with van der Waals surface area (Å²) in [5, 5.41) is 11.1. The maximum atomic E-state index is 13.1. The minimum absolute atomic E-state index is 0.113. The Balaban J connectivity index is 1.45. The molecule has 36 heavy (non-hydrogen) atoms. The van der Waals surface area contributed by atoms with Gasteiger partial charge in [-0.3, -0.25) is 9.59 Å². The van der Waals surface area contributed by atoms with E-state index in [1.54, 1.807) is 10.00 Å². The van der Waals surface area contributed by atoms with Crippen molar-refractivity contribution in [3.63, 3.8) is 0 Å². The van der Waals surface area contributed by atoms with Crippen LogP contribution >= 0.6 is 0 Å². The van der Waals surface area contributed by atoms with Crippen LogP contribution in [0.1, 0.15) is 18.1 Å². The van der Waals surface area contributed by atoms with Crippen molar-refractivity contribution >= 4 is 23.8 Å². The highest BCUT2D eigenvalue weighted by Crippen LogP contribution is 2.31. The molecule has 1 amide bonds. The number of hydrogen-bond donors (Lipinski definition) is 2. The van der Waals surface area contributed by atoms with Crippen LogP contribution in [0, 0.1) is 0 Å². The molecule has 17 heteroatoms. The van der Waals surface area contributed by atoms with E-state index in [-0.39, 0.29) is 32.1 Å². The highest BCUT2D eigenvalue weighted by Gasteiger charge is 2.37. The number of oxime groups is 1. The molecule has 2 N–H and O–H groups in total. The third kappa shape index (κ3) is 6.82. The molecule has 0 radical (unpaired) electrons. The van der Waals surface area contributed by atoms with Gasteiger partial charge in [0.05, 0.1) is 29.7 Å². The average Bonchev–Trinajstić information content (AvgIpc) is 2.80. The molecule has 0 saturated carbocycles. The fourth-order valence-corrected chi connectivity index (χ4v) is 3.18. The van der Waals surface area contributed by atoms with Crippen LogP contribution in [-0.2, 0) is 22.0 Å². The van der Waals surface area contributed by atoms with Gasteiger partial charge in [-0.05, 0) is 6.92 Å². The van der Waals surface area contributed by atoms with E-state index in [0.717, 1.165) is 12.4 Å². The number of anilines is 2. The number of piperazine rings is 1. The van der Waals surface area contributed by atoms with Crippen LogP contribution in [0.3, 0.4) is 0 Å². The van der Waals surface area contributed by atoms with Crippen LogP contribution in [-0.4, -0.2) is 76.0 Å². The molecular weight excluding hydrogens is 502 g/mol. The van der Waals surface area contributed by atoms with Crippen LogP contribution in [0.25, 0.3) is 0 Å². The van der Waals surface area contributed by atoms with Gasteiger partial charge < -0.3 is 20.0 Å². The standard InChI is InChI=1S/C19H20F6N8O3/c1-11(30-13-9-28-31-16(35)15(13)19(23,24)25)6-29-36-10-14(34)32-2-4-33(5-3-32)17-26-7-12(8-27-17)18(20,21)22/h6-9,11H,2-5,10H2,1H3,(H2,30,31,35)/b29-6+/t11-/m0/s1. The lowest BCUT2D eigenvalue weighted by Crippen LogP contribution is -2.50. The average molecular weight is 522 g/mol. The Bertz CT molecular complexity index is 1130. The van der Waals surface area contributed by atoms with Gasteiger partial charge in [0.1, 0.15) is 5.56 Å². The van der Waals surface area contributed by atoms with Crippen molar-refractivity contribution in [1.29, 1.82) is 0 Å². The largest absolute Gasteiger partial charge is 0.423 e. The second-order valence-electron chi connectivity index (χ2n) is 7.58. The summed E-state index contributed by atoms with van der Waals surface area (Å²) >= 11 is 0. The van der Waals surface area contributed by atoms with E-state index in [1.165, 1.54) is 11.8 Å². The van der Waals surface area contributed by atoms with Crippen molar-refractivity contribution in [2.24, 2.45) is 5.16 Å². The highest BCUT2D eigenvalue weighted by molar-refractivity contribution is 5.78. The molecule has 3 rings (SSSR count). The molecule has 196 valence electrons. The summed E-state index contributed by atoms with van der Waals surface area (Å²) < 4.78 is 77.1. The topological polar surface area (TPSA) is 129 Å². The van der Waals surface area contributed by atoms with Crippen molar-refractivity contribution in [2.45, 2.75) is 25.3 Å². The van der Waals surface area contributed by atoms with E-state index < -0.39 is 53.3 Å². The Hall–Kier alpha value is -3.92. The fraction of sp³-hybridized carbons (Fsp3) is 0.474. The number of carbonyl (C=O) groups is 1. The predicted octanol–water partition coefficient (Wildman–Crippen LogP) is 1.75. The molecule has 1 aliphatic rings. The highest BCUT2D eigenvalue weighted by atomic mass is 19.4. The lowest BCUT2D eigenvalue weighted by molar-refractivity contribution is -0.139. The first-order valence-electron chi connectivity index (χ1n) is 10.3. The second kappa shape index (κ2) is 10.8. The van der Waals surface area contributed by atoms with Crippen LogP contribution in [0.5, 0.6) is 0 Å². The quantitative estimate of drug-likeness (QED) is 0.320. The summed E-state index contributed by atoms with van der Waals surface area (Å²) in [6.07, 6.45) is -6.14. The Labute approximate surface area is 199 Å². The van der Waals surface area contributed by atoms with Gasteiger partial charge in [-0.2, -0.15) is 31.4 Å². The first kappa shape index (κ1) is 26.7. The van der Waals surface area contributed by atoms with Crippen molar-refractivity contribution in [3.8, 4) is 0 Å². The molecule has 0 aromatic carbocycles. The number of nitrogens with zero attached hydrogens (tertiary/aromatic N) is 6. The van der Waals surface area contributed by atoms with Gasteiger partial charge in [-0.25, -0.2) is 15.1 Å². The second-order valence-corrected chi connectivity index (χ2v) is 7.58. The van der Waals surface area contributed by atoms with Gasteiger partial charge in [-0.15, -0.1) is 0 Å². The Morgan fingerprint density at radius 1 is 1.14 bits per heavy atom. The SMILES string of the molecule is C[C@@H](/C=N/OCC(=O)N1CCN(c2ncc(C(F)(F)F)cn2)CC1)Nc1cn[nH]c(=O)c1C(F)(F)F. The zero-order valence-electron chi connectivity index (χ0n) is 18.6. The molecule has 1 saturated heterocycles. The van der Waals surface area contributed by atoms with Gasteiger partial charge in [0.25, 0.3) is 11.5 Å². The number of aromatic amines is 1. The molecule has 3 heterocycles. The van der Waals surface area contributed by atoms with Crippen LogP contribution in [0.15, 0.2) is 28.5 Å². The van der Waals surface area contributed by atoms with E-state index in [9.17, 15) is 35.9 Å². The zero-order valence-corrected chi connectivity index (χ0v) is 18.6. The lowest BCUT2D eigenvalue weighted by atomic mass is 10.2. The number of carbonyl (C=O) groups excluding carboxylic acids is 1. The normalized spacial score (nSPS) is 15.8. The maximum absolute atomic E-state index is 13.1. The van der Waals surface area contributed by atoms with Crippen molar-refractivity contribution < 1.29 is 36.0 Å². The number of aromatic nitrogens is 4. The Kier molecular flexibility index (Phi) is 7.99. The Morgan fingerprint density at radius 3 is 2.36 bits per heavy atom. The molecule has 1 aliphatic heterocycles. The number of nitrogens with one attached hydrogen (secondary N) is 2. The summed E-state index contributed by atoms with van der Waals surface area (Å²) in [4.78, 5) is 39.2. The van der Waals surface area contributed by atoms with Gasteiger partial charge >= 0.3 is 12.4 Å². The van der Waals surface area contributed by atoms with Gasteiger partial charge in [0.15, 0.2) is 6.61 Å².